The van der Waals surface area contributed by atoms with Crippen molar-refractivity contribution in [3.8, 4) is 23.0 Å². The molecule has 85 heavy (non-hydrogen) atoms. The largest absolute Gasteiger partial charge is 0.507 e. The Balaban J connectivity index is 1.12. The summed E-state index contributed by atoms with van der Waals surface area (Å²) < 4.78 is 17.4. The third kappa shape index (κ3) is 19.0. The molecule has 0 aromatic heterocycles. The summed E-state index contributed by atoms with van der Waals surface area (Å²) in [6.45, 7) is 44.6. The number of phenols is 3. The lowest BCUT2D eigenvalue weighted by atomic mass is 9.69. The van der Waals surface area contributed by atoms with Gasteiger partial charge in [0.1, 0.15) is 28.6 Å². The Labute approximate surface area is 511 Å². The summed E-state index contributed by atoms with van der Waals surface area (Å²) in [5.74, 6) is 0.653. The Morgan fingerprint density at radius 1 is 0.412 bits per heavy atom. The van der Waals surface area contributed by atoms with Gasteiger partial charge in [-0.3, -0.25) is 30.0 Å². The lowest BCUT2D eigenvalue weighted by molar-refractivity contribution is -0.145. The predicted molar refractivity (Wildman–Crippen MR) is 343 cm³/mol. The number of nitrogens with one attached hydrogen (secondary N) is 2. The Morgan fingerprint density at radius 3 is 1.01 bits per heavy atom. The molecule has 1 aliphatic rings. The number of esters is 2. The minimum Gasteiger partial charge on any atom is -0.507 e. The summed E-state index contributed by atoms with van der Waals surface area (Å²) in [6, 6.07) is 16.3. The first-order valence-corrected chi connectivity index (χ1v) is 31.3. The van der Waals surface area contributed by atoms with Gasteiger partial charge in [-0.1, -0.05) is 174 Å². The van der Waals surface area contributed by atoms with Gasteiger partial charge in [-0.15, -0.1) is 0 Å². The van der Waals surface area contributed by atoms with E-state index in [4.69, 9.17) is 14.2 Å². The number of amides is 2. The number of aryl methyl sites for hydroxylation is 4. The van der Waals surface area contributed by atoms with Crippen molar-refractivity contribution in [3.05, 3.63) is 115 Å². The van der Waals surface area contributed by atoms with Gasteiger partial charge < -0.3 is 29.5 Å². The number of rotatable bonds is 24. The Hall–Kier alpha value is -6.04. The van der Waals surface area contributed by atoms with Gasteiger partial charge in [-0.05, 0) is 167 Å². The van der Waals surface area contributed by atoms with E-state index in [-0.39, 0.29) is 88.2 Å². The molecule has 12 nitrogen and oxygen atoms in total. The van der Waals surface area contributed by atoms with Crippen molar-refractivity contribution < 1.29 is 48.7 Å². The van der Waals surface area contributed by atoms with Crippen LogP contribution < -0.4 is 15.6 Å². The van der Waals surface area contributed by atoms with Gasteiger partial charge in [-0.2, -0.15) is 0 Å². The molecule has 0 saturated heterocycles. The van der Waals surface area contributed by atoms with Crippen molar-refractivity contribution in [2.75, 3.05) is 13.2 Å². The fourth-order valence-electron chi connectivity index (χ4n) is 11.3. The molecule has 4 aromatic rings. The lowest BCUT2D eigenvalue weighted by Crippen LogP contribution is -2.41. The molecule has 1 aliphatic heterocycles. The van der Waals surface area contributed by atoms with Crippen molar-refractivity contribution >= 4 is 23.8 Å². The monoisotopic (exact) mass is 1170 g/mol. The third-order valence-electron chi connectivity index (χ3n) is 17.0. The van der Waals surface area contributed by atoms with Gasteiger partial charge >= 0.3 is 11.9 Å². The summed E-state index contributed by atoms with van der Waals surface area (Å²) in [6.07, 6.45) is 7.14. The fraction of sp³-hybridized carbons (Fsp3) is 0.616. The van der Waals surface area contributed by atoms with Crippen LogP contribution in [0.5, 0.6) is 23.0 Å². The number of unbranched alkanes of at least 4 members (excludes halogenated alkanes) is 3. The van der Waals surface area contributed by atoms with E-state index in [1.54, 1.807) is 0 Å². The van der Waals surface area contributed by atoms with E-state index in [9.17, 15) is 34.5 Å². The van der Waals surface area contributed by atoms with E-state index < -0.39 is 16.2 Å². The maximum absolute atomic E-state index is 13.2. The molecule has 0 saturated carbocycles. The molecule has 5 rings (SSSR count). The van der Waals surface area contributed by atoms with Crippen LogP contribution in [0, 0.1) is 0 Å². The maximum atomic E-state index is 13.2. The standard InChI is InChI=1S/C73H108N2O10/c1-66(2,3)50-39-48(40-51(62(50)80)67(4,5)6)28-32-60(78)83-36-24-22-23-25-37-84-61(79)33-29-49-41-53(69(10,11)12)64(82)55(43-49)72(18,19)35-34-71(16,17)54-42-46(38-52(63(54)81)68(7,8)9)26-30-58(76)74-75-59(77)31-27-47-44-56(70(13,14)15)65-57(45-47)73(20,21)85-65/h38-45,80-82H,22-37H2,1-21H3,(H,74,76)(H,75,77). The molecule has 470 valence electrons. The normalized spacial score (nSPS) is 13.8. The summed E-state index contributed by atoms with van der Waals surface area (Å²) >= 11 is 0. The van der Waals surface area contributed by atoms with Crippen LogP contribution in [0.4, 0.5) is 0 Å². The summed E-state index contributed by atoms with van der Waals surface area (Å²) in [7, 11) is 0. The minimum absolute atomic E-state index is 0.118. The summed E-state index contributed by atoms with van der Waals surface area (Å²) in [4.78, 5) is 52.1. The second-order valence-electron chi connectivity index (χ2n) is 31.2. The molecule has 4 aromatic carbocycles. The quantitative estimate of drug-likeness (QED) is 0.0257. The molecule has 12 heteroatoms. The maximum Gasteiger partial charge on any atom is 0.306 e. The number of hydrogen-bond acceptors (Lipinski definition) is 10. The van der Waals surface area contributed by atoms with Gasteiger partial charge in [-0.25, -0.2) is 0 Å². The molecule has 0 aliphatic carbocycles. The first-order valence-electron chi connectivity index (χ1n) is 31.3. The summed E-state index contributed by atoms with van der Waals surface area (Å²) in [5.41, 5.74) is 13.6. The number of carbonyl (C=O) groups is 4. The number of carbonyl (C=O) groups excluding carboxylic acids is 4. The zero-order valence-corrected chi connectivity index (χ0v) is 56.1. The Kier molecular flexibility index (Phi) is 22.1. The highest BCUT2D eigenvalue weighted by molar-refractivity contribution is 5.82. The van der Waals surface area contributed by atoms with Crippen molar-refractivity contribution in [3.63, 3.8) is 0 Å². The molecule has 5 N–H and O–H groups in total. The molecular formula is C73H108N2O10. The number of hydrogen-bond donors (Lipinski definition) is 5. The third-order valence-corrected chi connectivity index (χ3v) is 17.0. The van der Waals surface area contributed by atoms with Crippen LogP contribution in [-0.2, 0) is 97.8 Å². The van der Waals surface area contributed by atoms with E-state index >= 15 is 0 Å². The van der Waals surface area contributed by atoms with Crippen LogP contribution in [0.1, 0.15) is 276 Å². The molecule has 0 unspecified atom stereocenters. The zero-order chi connectivity index (χ0) is 64.1. The molecular weight excluding hydrogens is 1060 g/mol. The number of ether oxygens (including phenoxy) is 3. The number of hydrazine groups is 1. The van der Waals surface area contributed by atoms with Crippen LogP contribution in [0.2, 0.25) is 0 Å². The SMILES string of the molecule is CC(C)(C)c1cc(CCC(=O)OCCCCCCOC(=O)CCc2cc(C(C)(C)C)c(O)c(C(C)(C)CCC(C)(C)c3cc(CCC(=O)NNC(=O)CCc4cc(C(C)(C)C)c5c(c4)C(C)(C)O5)cc(C(C)(C)C)c3O)c2)cc(C(C)(C)C)c1O. The number of phenolic OH excluding ortho intramolecular Hbond substituents is 3. The van der Waals surface area contributed by atoms with Crippen molar-refractivity contribution in [2.24, 2.45) is 0 Å². The predicted octanol–water partition coefficient (Wildman–Crippen LogP) is 15.9. The highest BCUT2D eigenvalue weighted by Gasteiger charge is 2.41. The van der Waals surface area contributed by atoms with E-state index in [1.807, 2.05) is 50.2 Å². The van der Waals surface area contributed by atoms with Gasteiger partial charge in [0.05, 0.1) is 13.2 Å². The number of aromatic hydroxyl groups is 3. The molecule has 2 amide bonds. The average molecular weight is 1170 g/mol. The average Bonchev–Trinajstić information content (AvgIpc) is 0.968. The van der Waals surface area contributed by atoms with E-state index in [0.717, 1.165) is 91.8 Å². The van der Waals surface area contributed by atoms with E-state index in [1.165, 1.54) is 0 Å². The first-order chi connectivity index (χ1) is 38.9. The van der Waals surface area contributed by atoms with E-state index in [2.05, 4.69) is 155 Å². The second-order valence-corrected chi connectivity index (χ2v) is 31.2. The molecule has 0 radical (unpaired) electrons. The van der Waals surface area contributed by atoms with Gasteiger partial charge in [0, 0.05) is 47.9 Å². The van der Waals surface area contributed by atoms with Crippen LogP contribution in [0.15, 0.2) is 48.5 Å². The number of benzene rings is 4. The smallest absolute Gasteiger partial charge is 0.306 e. The Morgan fingerprint density at radius 2 is 0.694 bits per heavy atom. The summed E-state index contributed by atoms with van der Waals surface area (Å²) in [5, 5.41) is 35.0. The number of fused-ring (bicyclic) bond motifs is 1. The molecule has 0 spiro atoms. The van der Waals surface area contributed by atoms with Crippen molar-refractivity contribution in [1.82, 2.24) is 10.9 Å². The topological polar surface area (TPSA) is 181 Å². The zero-order valence-electron chi connectivity index (χ0n) is 56.1. The van der Waals surface area contributed by atoms with Crippen LogP contribution in [0.3, 0.4) is 0 Å². The molecule has 0 atom stereocenters. The van der Waals surface area contributed by atoms with Crippen molar-refractivity contribution in [1.29, 1.82) is 0 Å². The van der Waals surface area contributed by atoms with E-state index in [0.29, 0.717) is 63.9 Å². The van der Waals surface area contributed by atoms with Crippen LogP contribution >= 0.6 is 0 Å². The van der Waals surface area contributed by atoms with Gasteiger partial charge in [0.15, 0.2) is 0 Å². The lowest BCUT2D eigenvalue weighted by Gasteiger charge is -2.42. The van der Waals surface area contributed by atoms with Gasteiger partial charge in [0.25, 0.3) is 0 Å². The van der Waals surface area contributed by atoms with Crippen LogP contribution in [-0.4, -0.2) is 52.3 Å². The molecule has 1 heterocycles. The highest BCUT2D eigenvalue weighted by Crippen LogP contribution is 2.51. The first kappa shape index (κ1) is 69.7. The van der Waals surface area contributed by atoms with Crippen LogP contribution in [0.25, 0.3) is 0 Å². The van der Waals surface area contributed by atoms with Crippen molar-refractivity contribution in [2.45, 2.75) is 279 Å². The molecule has 0 bridgehead atoms. The highest BCUT2D eigenvalue weighted by atomic mass is 16.5. The fourth-order valence-corrected chi connectivity index (χ4v) is 11.3. The minimum atomic E-state index is -0.523. The molecule has 0 fully saturated rings. The Bertz CT molecular complexity index is 3000. The second kappa shape index (κ2) is 26.9. The van der Waals surface area contributed by atoms with Gasteiger partial charge in [0.2, 0.25) is 11.8 Å².